The zero-order valence-electron chi connectivity index (χ0n) is 14.5. The Morgan fingerprint density at radius 1 is 1.39 bits per heavy atom. The second kappa shape index (κ2) is 7.98. The van der Waals surface area contributed by atoms with Gasteiger partial charge in [-0.25, -0.2) is 5.06 Å². The topological polar surface area (TPSA) is 64.6 Å². The summed E-state index contributed by atoms with van der Waals surface area (Å²) in [6.07, 6.45) is 0.121. The van der Waals surface area contributed by atoms with Crippen molar-refractivity contribution < 1.29 is 14.2 Å². The van der Waals surface area contributed by atoms with Crippen LogP contribution in [0, 0.1) is 0 Å². The molecule has 0 aromatic heterocycles. The van der Waals surface area contributed by atoms with Gasteiger partial charge in [0.15, 0.2) is 0 Å². The van der Waals surface area contributed by atoms with E-state index >= 15 is 0 Å². The molecule has 0 fully saturated rings. The van der Waals surface area contributed by atoms with Crippen LogP contribution in [0.25, 0.3) is 0 Å². The maximum atomic E-state index is 12.6. The third kappa shape index (κ3) is 5.76. The largest absolute Gasteiger partial charge is 0.598 e. The Hall–Kier alpha value is -0.600. The molecule has 5 nitrogen and oxygen atoms in total. The molecule has 0 aliphatic heterocycles. The van der Waals surface area contributed by atoms with E-state index in [1.165, 1.54) is 12.2 Å². The number of carbonyl (C=O) groups excluding carboxylic acids is 1. The SMILES string of the molecule is CON(C)C(=O)C[C@](C)(N[S@+]([O-])C(C)(C)C)c1cccc(Br)c1. The quantitative estimate of drug-likeness (QED) is 0.584. The summed E-state index contributed by atoms with van der Waals surface area (Å²) in [5.41, 5.74) is 0.0912. The van der Waals surface area contributed by atoms with Crippen LogP contribution >= 0.6 is 15.9 Å². The summed E-state index contributed by atoms with van der Waals surface area (Å²) in [6, 6.07) is 7.64. The van der Waals surface area contributed by atoms with Gasteiger partial charge in [-0.05, 0) is 45.4 Å². The third-order valence-corrected chi connectivity index (χ3v) is 5.71. The molecule has 0 aliphatic carbocycles. The third-order valence-electron chi connectivity index (χ3n) is 3.47. The van der Waals surface area contributed by atoms with E-state index in [2.05, 4.69) is 20.7 Å². The van der Waals surface area contributed by atoms with E-state index in [4.69, 9.17) is 4.84 Å². The molecule has 0 saturated carbocycles. The van der Waals surface area contributed by atoms with Gasteiger partial charge in [-0.1, -0.05) is 28.1 Å². The highest BCUT2D eigenvalue weighted by molar-refractivity contribution is 9.10. The van der Waals surface area contributed by atoms with E-state index in [0.717, 1.165) is 10.0 Å². The molecule has 1 aromatic rings. The van der Waals surface area contributed by atoms with E-state index in [1.807, 2.05) is 52.0 Å². The summed E-state index contributed by atoms with van der Waals surface area (Å²) in [6.45, 7) is 7.54. The van der Waals surface area contributed by atoms with Gasteiger partial charge in [0.1, 0.15) is 4.75 Å². The monoisotopic (exact) mass is 404 g/mol. The van der Waals surface area contributed by atoms with Crippen molar-refractivity contribution >= 4 is 33.2 Å². The lowest BCUT2D eigenvalue weighted by atomic mass is 9.89. The van der Waals surface area contributed by atoms with Crippen LogP contribution in [-0.2, 0) is 26.5 Å². The number of benzene rings is 1. The number of hydrogen-bond donors (Lipinski definition) is 1. The van der Waals surface area contributed by atoms with Crippen LogP contribution in [0.3, 0.4) is 0 Å². The van der Waals surface area contributed by atoms with Gasteiger partial charge >= 0.3 is 0 Å². The lowest BCUT2D eigenvalue weighted by Gasteiger charge is -2.35. The fourth-order valence-electron chi connectivity index (χ4n) is 1.90. The molecule has 2 atom stereocenters. The van der Waals surface area contributed by atoms with Crippen molar-refractivity contribution in [1.82, 2.24) is 9.79 Å². The number of halogens is 1. The Morgan fingerprint density at radius 2 is 2.00 bits per heavy atom. The molecule has 0 heterocycles. The highest BCUT2D eigenvalue weighted by Crippen LogP contribution is 2.30. The fourth-order valence-corrected chi connectivity index (χ4v) is 3.21. The summed E-state index contributed by atoms with van der Waals surface area (Å²) in [5.74, 6) is -0.201. The molecular formula is C16H25BrN2O3S. The molecule has 1 rings (SSSR count). The van der Waals surface area contributed by atoms with Crippen LogP contribution < -0.4 is 4.72 Å². The maximum absolute atomic E-state index is 12.6. The summed E-state index contributed by atoms with van der Waals surface area (Å²) < 4.78 is 16.2. The average Bonchev–Trinajstić information content (AvgIpc) is 2.45. The first-order chi connectivity index (χ1) is 10.5. The predicted molar refractivity (Wildman–Crippen MR) is 96.9 cm³/mol. The lowest BCUT2D eigenvalue weighted by Crippen LogP contribution is -2.51. The van der Waals surface area contributed by atoms with Gasteiger partial charge in [0.25, 0.3) is 0 Å². The number of amides is 1. The van der Waals surface area contributed by atoms with E-state index in [-0.39, 0.29) is 12.3 Å². The molecule has 1 N–H and O–H groups in total. The van der Waals surface area contributed by atoms with Crippen molar-refractivity contribution in [2.24, 2.45) is 0 Å². The Balaban J connectivity index is 3.17. The van der Waals surface area contributed by atoms with Crippen molar-refractivity contribution in [3.8, 4) is 0 Å². The number of rotatable bonds is 6. The number of carbonyl (C=O) groups is 1. The normalized spacial score (nSPS) is 15.8. The fraction of sp³-hybridized carbons (Fsp3) is 0.562. The summed E-state index contributed by atoms with van der Waals surface area (Å²) >= 11 is 2.12. The van der Waals surface area contributed by atoms with Gasteiger partial charge < -0.3 is 4.55 Å². The van der Waals surface area contributed by atoms with E-state index in [1.54, 1.807) is 7.05 Å². The number of hydrogen-bond acceptors (Lipinski definition) is 4. The van der Waals surface area contributed by atoms with Crippen molar-refractivity contribution in [2.75, 3.05) is 14.2 Å². The van der Waals surface area contributed by atoms with Gasteiger partial charge in [-0.15, -0.1) is 4.72 Å². The average molecular weight is 405 g/mol. The molecule has 1 aromatic carbocycles. The van der Waals surface area contributed by atoms with Crippen LogP contribution in [0.1, 0.15) is 39.7 Å². The minimum atomic E-state index is -1.32. The highest BCUT2D eigenvalue weighted by atomic mass is 79.9. The van der Waals surface area contributed by atoms with Gasteiger partial charge in [-0.2, -0.15) is 0 Å². The lowest BCUT2D eigenvalue weighted by molar-refractivity contribution is -0.170. The molecule has 1 amide bonds. The van der Waals surface area contributed by atoms with E-state index in [9.17, 15) is 9.35 Å². The van der Waals surface area contributed by atoms with E-state index in [0.29, 0.717) is 0 Å². The van der Waals surface area contributed by atoms with Crippen molar-refractivity contribution in [3.63, 3.8) is 0 Å². The molecule has 0 spiro atoms. The van der Waals surface area contributed by atoms with Crippen LogP contribution in [0.2, 0.25) is 0 Å². The Morgan fingerprint density at radius 3 is 2.48 bits per heavy atom. The van der Waals surface area contributed by atoms with Crippen LogP contribution in [0.5, 0.6) is 0 Å². The first-order valence-corrected chi connectivity index (χ1v) is 9.20. The smallest absolute Gasteiger partial charge is 0.248 e. The second-order valence-corrected chi connectivity index (χ2v) is 9.46. The summed E-state index contributed by atoms with van der Waals surface area (Å²) in [5, 5.41) is 1.18. The molecular weight excluding hydrogens is 380 g/mol. The maximum Gasteiger partial charge on any atom is 0.248 e. The van der Waals surface area contributed by atoms with Gasteiger partial charge in [0.2, 0.25) is 5.91 Å². The minimum absolute atomic E-state index is 0.121. The molecule has 7 heteroatoms. The number of nitrogens with zero attached hydrogens (tertiary/aromatic N) is 1. The highest BCUT2D eigenvalue weighted by Gasteiger charge is 2.39. The number of hydroxylamine groups is 2. The molecule has 0 saturated heterocycles. The molecule has 0 unspecified atom stereocenters. The van der Waals surface area contributed by atoms with Crippen LogP contribution in [0.4, 0.5) is 0 Å². The molecule has 23 heavy (non-hydrogen) atoms. The minimum Gasteiger partial charge on any atom is -0.598 e. The Kier molecular flexibility index (Phi) is 7.10. The zero-order valence-corrected chi connectivity index (χ0v) is 16.9. The molecule has 0 aliphatic rings. The van der Waals surface area contributed by atoms with Gasteiger partial charge in [0.05, 0.1) is 19.1 Å². The van der Waals surface area contributed by atoms with Crippen LogP contribution in [0.15, 0.2) is 28.7 Å². The van der Waals surface area contributed by atoms with Crippen molar-refractivity contribution in [2.45, 2.75) is 44.4 Å². The standard InChI is InChI=1S/C16H25BrN2O3S/c1-15(2,3)23(21)18-16(4,11-14(20)19(5)22-6)12-8-7-9-13(17)10-12/h7-10,18H,11H2,1-6H3/t16-,23+/m0/s1. The zero-order chi connectivity index (χ0) is 17.8. The van der Waals surface area contributed by atoms with Crippen LogP contribution in [-0.4, -0.2) is 34.4 Å². The van der Waals surface area contributed by atoms with Gasteiger partial charge in [0, 0.05) is 22.9 Å². The number of nitrogens with one attached hydrogen (secondary N) is 1. The van der Waals surface area contributed by atoms with Crippen molar-refractivity contribution in [3.05, 3.63) is 34.3 Å². The Bertz CT molecular complexity index is 550. The van der Waals surface area contributed by atoms with Crippen molar-refractivity contribution in [1.29, 1.82) is 0 Å². The Labute approximate surface area is 150 Å². The second-order valence-electron chi connectivity index (χ2n) is 6.58. The van der Waals surface area contributed by atoms with Gasteiger partial charge in [-0.3, -0.25) is 9.63 Å². The first-order valence-electron chi connectivity index (χ1n) is 7.26. The molecule has 0 bridgehead atoms. The summed E-state index contributed by atoms with van der Waals surface area (Å²) in [7, 11) is 3.00. The summed E-state index contributed by atoms with van der Waals surface area (Å²) in [4.78, 5) is 17.3. The predicted octanol–water partition coefficient (Wildman–Crippen LogP) is 3.13. The van der Waals surface area contributed by atoms with E-state index < -0.39 is 21.6 Å². The first kappa shape index (κ1) is 20.4. The molecule has 130 valence electrons. The molecule has 0 radical (unpaired) electrons.